The third kappa shape index (κ3) is 2.79. The minimum Gasteiger partial charge on any atom is -0.478 e. The van der Waals surface area contributed by atoms with Crippen molar-refractivity contribution >= 4 is 16.0 Å². The Labute approximate surface area is 112 Å². The zero-order chi connectivity index (χ0) is 14.4. The molecule has 1 fully saturated rings. The van der Waals surface area contributed by atoms with Crippen LogP contribution >= 0.6 is 0 Å². The van der Waals surface area contributed by atoms with Gasteiger partial charge >= 0.3 is 5.97 Å². The molecule has 1 aromatic rings. The van der Waals surface area contributed by atoms with Crippen molar-refractivity contribution in [1.82, 2.24) is 4.72 Å². The molecular weight excluding hydrogens is 266 g/mol. The molecule has 0 heterocycles. The summed E-state index contributed by atoms with van der Waals surface area (Å²) in [6, 6.07) is 2.80. The van der Waals surface area contributed by atoms with E-state index in [2.05, 4.69) is 4.72 Å². The third-order valence-electron chi connectivity index (χ3n) is 3.46. The number of carboxylic acid groups (broad SMARTS) is 1. The number of nitrogens with one attached hydrogen (secondary N) is 1. The van der Waals surface area contributed by atoms with Crippen molar-refractivity contribution in [2.45, 2.75) is 38.1 Å². The van der Waals surface area contributed by atoms with Gasteiger partial charge in [0.1, 0.15) is 0 Å². The van der Waals surface area contributed by atoms with Crippen molar-refractivity contribution in [3.63, 3.8) is 0 Å². The minimum absolute atomic E-state index is 0.0230. The standard InChI is InChI=1S/C13H17NO4S/c1-7-4-9(3)12(6-10(7)13(15)16)19(17,18)14-11-5-8(11)2/h4,6,8,11,14H,5H2,1-3H3,(H,15,16). The molecule has 5 nitrogen and oxygen atoms in total. The van der Waals surface area contributed by atoms with Crippen LogP contribution < -0.4 is 4.72 Å². The van der Waals surface area contributed by atoms with E-state index < -0.39 is 16.0 Å². The molecule has 1 aromatic carbocycles. The molecule has 0 aliphatic heterocycles. The van der Waals surface area contributed by atoms with Gasteiger partial charge in [-0.3, -0.25) is 0 Å². The normalized spacial score (nSPS) is 22.3. The summed E-state index contributed by atoms with van der Waals surface area (Å²) in [6.07, 6.45) is 0.829. The summed E-state index contributed by atoms with van der Waals surface area (Å²) in [7, 11) is -3.65. The molecule has 0 aromatic heterocycles. The fraction of sp³-hybridized carbons (Fsp3) is 0.462. The number of carboxylic acids is 1. The van der Waals surface area contributed by atoms with E-state index in [4.69, 9.17) is 5.11 Å². The fourth-order valence-corrected chi connectivity index (χ4v) is 3.71. The Morgan fingerprint density at radius 2 is 1.89 bits per heavy atom. The van der Waals surface area contributed by atoms with Crippen LogP contribution in [0.3, 0.4) is 0 Å². The molecule has 1 saturated carbocycles. The number of rotatable bonds is 4. The summed E-state index contributed by atoms with van der Waals surface area (Å²) in [6.45, 7) is 5.30. The lowest BCUT2D eigenvalue weighted by Crippen LogP contribution is -2.27. The van der Waals surface area contributed by atoms with Gasteiger partial charge in [-0.1, -0.05) is 13.0 Å². The van der Waals surface area contributed by atoms with Gasteiger partial charge in [0.2, 0.25) is 10.0 Å². The second kappa shape index (κ2) is 4.61. The Hall–Kier alpha value is -1.40. The SMILES string of the molecule is Cc1cc(C)c(S(=O)(=O)NC2CC2C)cc1C(=O)O. The molecule has 2 N–H and O–H groups in total. The van der Waals surface area contributed by atoms with Gasteiger partial charge < -0.3 is 5.11 Å². The van der Waals surface area contributed by atoms with E-state index >= 15 is 0 Å². The summed E-state index contributed by atoms with van der Waals surface area (Å²) in [5, 5.41) is 9.07. The molecule has 6 heteroatoms. The second-order valence-corrected chi connectivity index (χ2v) is 6.86. The van der Waals surface area contributed by atoms with Crippen LogP contribution in [0.1, 0.15) is 34.8 Å². The monoisotopic (exact) mass is 283 g/mol. The molecule has 0 amide bonds. The summed E-state index contributed by atoms with van der Waals surface area (Å²) in [4.78, 5) is 11.1. The Bertz CT molecular complexity index is 636. The van der Waals surface area contributed by atoms with Gasteiger partial charge in [0, 0.05) is 6.04 Å². The number of benzene rings is 1. The van der Waals surface area contributed by atoms with Gasteiger partial charge in [0.05, 0.1) is 10.5 Å². The summed E-state index contributed by atoms with van der Waals surface area (Å²) >= 11 is 0. The van der Waals surface area contributed by atoms with Crippen LogP contribution in [0.25, 0.3) is 0 Å². The Morgan fingerprint density at radius 3 is 2.37 bits per heavy atom. The number of hydrogen-bond acceptors (Lipinski definition) is 3. The van der Waals surface area contributed by atoms with Crippen molar-refractivity contribution < 1.29 is 18.3 Å². The van der Waals surface area contributed by atoms with E-state index in [0.29, 0.717) is 17.0 Å². The first kappa shape index (κ1) is 14.0. The van der Waals surface area contributed by atoms with Gasteiger partial charge in [0.25, 0.3) is 0 Å². The van der Waals surface area contributed by atoms with Crippen LogP contribution in [-0.2, 0) is 10.0 Å². The zero-order valence-corrected chi connectivity index (χ0v) is 11.9. The molecule has 0 saturated heterocycles. The Morgan fingerprint density at radius 1 is 1.32 bits per heavy atom. The predicted octanol–water partition coefficient (Wildman–Crippen LogP) is 1.69. The largest absolute Gasteiger partial charge is 0.478 e. The highest BCUT2D eigenvalue weighted by Crippen LogP contribution is 2.31. The lowest BCUT2D eigenvalue weighted by molar-refractivity contribution is 0.0696. The second-order valence-electron chi connectivity index (χ2n) is 5.18. The van der Waals surface area contributed by atoms with Crippen molar-refractivity contribution in [3.05, 3.63) is 28.8 Å². The molecule has 19 heavy (non-hydrogen) atoms. The highest BCUT2D eigenvalue weighted by atomic mass is 32.2. The van der Waals surface area contributed by atoms with Crippen molar-refractivity contribution in [2.24, 2.45) is 5.92 Å². The van der Waals surface area contributed by atoms with Gasteiger partial charge in [-0.15, -0.1) is 0 Å². The molecule has 1 aliphatic rings. The third-order valence-corrected chi connectivity index (χ3v) is 5.09. The van der Waals surface area contributed by atoms with Crippen LogP contribution in [-0.4, -0.2) is 25.5 Å². The van der Waals surface area contributed by atoms with E-state index in [9.17, 15) is 13.2 Å². The first-order valence-corrected chi connectivity index (χ1v) is 7.57. The molecule has 0 spiro atoms. The van der Waals surface area contributed by atoms with Gasteiger partial charge in [0.15, 0.2) is 0 Å². The first-order chi connectivity index (χ1) is 8.72. The lowest BCUT2D eigenvalue weighted by Gasteiger charge is -2.11. The smallest absolute Gasteiger partial charge is 0.335 e. The van der Waals surface area contributed by atoms with Gasteiger partial charge in [-0.2, -0.15) is 0 Å². The molecular formula is C13H17NO4S. The number of carbonyl (C=O) groups is 1. The van der Waals surface area contributed by atoms with Gasteiger partial charge in [-0.25, -0.2) is 17.9 Å². The zero-order valence-electron chi connectivity index (χ0n) is 11.1. The first-order valence-electron chi connectivity index (χ1n) is 6.09. The number of sulfonamides is 1. The molecule has 0 bridgehead atoms. The van der Waals surface area contributed by atoms with Crippen LogP contribution in [0.2, 0.25) is 0 Å². The molecule has 2 atom stereocenters. The van der Waals surface area contributed by atoms with E-state index in [1.54, 1.807) is 19.9 Å². The molecule has 104 valence electrons. The number of aryl methyl sites for hydroxylation is 2. The summed E-state index contributed by atoms with van der Waals surface area (Å²) in [5.41, 5.74) is 1.14. The lowest BCUT2D eigenvalue weighted by atomic mass is 10.1. The number of hydrogen-bond donors (Lipinski definition) is 2. The summed E-state index contributed by atoms with van der Waals surface area (Å²) in [5.74, 6) is -0.770. The highest BCUT2D eigenvalue weighted by molar-refractivity contribution is 7.89. The van der Waals surface area contributed by atoms with E-state index in [-0.39, 0.29) is 16.5 Å². The Balaban J connectivity index is 2.43. The molecule has 0 radical (unpaired) electrons. The molecule has 1 aliphatic carbocycles. The van der Waals surface area contributed by atoms with E-state index in [1.807, 2.05) is 6.92 Å². The van der Waals surface area contributed by atoms with E-state index in [1.165, 1.54) is 6.07 Å². The maximum atomic E-state index is 12.2. The van der Waals surface area contributed by atoms with Crippen molar-refractivity contribution in [1.29, 1.82) is 0 Å². The van der Waals surface area contributed by atoms with Crippen LogP contribution in [0.4, 0.5) is 0 Å². The predicted molar refractivity (Wildman–Crippen MR) is 70.8 cm³/mol. The topological polar surface area (TPSA) is 83.5 Å². The van der Waals surface area contributed by atoms with E-state index in [0.717, 1.165) is 6.42 Å². The maximum absolute atomic E-state index is 12.2. The number of aromatic carboxylic acids is 1. The average molecular weight is 283 g/mol. The fourth-order valence-electron chi connectivity index (χ4n) is 2.10. The quantitative estimate of drug-likeness (QED) is 0.880. The minimum atomic E-state index is -3.65. The van der Waals surface area contributed by atoms with Crippen LogP contribution in [0, 0.1) is 19.8 Å². The van der Waals surface area contributed by atoms with Crippen LogP contribution in [0.5, 0.6) is 0 Å². The maximum Gasteiger partial charge on any atom is 0.335 e. The molecule has 2 rings (SSSR count). The average Bonchev–Trinajstić information content (AvgIpc) is 2.91. The molecule has 2 unspecified atom stereocenters. The van der Waals surface area contributed by atoms with Crippen molar-refractivity contribution in [2.75, 3.05) is 0 Å². The summed E-state index contributed by atoms with van der Waals surface area (Å²) < 4.78 is 27.1. The van der Waals surface area contributed by atoms with Gasteiger partial charge in [-0.05, 0) is 43.4 Å². The van der Waals surface area contributed by atoms with Crippen molar-refractivity contribution in [3.8, 4) is 0 Å². The van der Waals surface area contributed by atoms with Crippen LogP contribution in [0.15, 0.2) is 17.0 Å². The Kier molecular flexibility index (Phi) is 3.40. The highest BCUT2D eigenvalue weighted by Gasteiger charge is 2.37.